The number of nitrogens with one attached hydrogen (secondary N) is 3. The topological polar surface area (TPSA) is 82.7 Å². The van der Waals surface area contributed by atoms with Crippen LogP contribution in [-0.4, -0.2) is 68.8 Å². The van der Waals surface area contributed by atoms with Crippen LogP contribution in [-0.2, 0) is 9.53 Å². The highest BCUT2D eigenvalue weighted by atomic mass is 16.5. The van der Waals surface area contributed by atoms with Gasteiger partial charge in [-0.1, -0.05) is 0 Å². The van der Waals surface area contributed by atoms with Crippen LogP contribution in [0.2, 0.25) is 0 Å². The predicted octanol–water partition coefficient (Wildman–Crippen LogP) is -1.11. The number of carbonyl (C=O) groups is 2. The molecule has 0 bridgehead atoms. The summed E-state index contributed by atoms with van der Waals surface area (Å²) in [7, 11) is 1.84. The molecular weight excluding hydrogens is 248 g/mol. The summed E-state index contributed by atoms with van der Waals surface area (Å²) in [6.45, 7) is 3.24. The number of hydrogen-bond acceptors (Lipinski definition) is 5. The lowest BCUT2D eigenvalue weighted by Crippen LogP contribution is -2.48. The zero-order chi connectivity index (χ0) is 13.7. The van der Waals surface area contributed by atoms with Crippen LogP contribution in [0.15, 0.2) is 0 Å². The minimum Gasteiger partial charge on any atom is -0.374 e. The van der Waals surface area contributed by atoms with Gasteiger partial charge in [0, 0.05) is 25.7 Å². The number of ether oxygens (including phenoxy) is 1. The molecule has 19 heavy (non-hydrogen) atoms. The van der Waals surface area contributed by atoms with Gasteiger partial charge in [0.2, 0.25) is 5.91 Å². The number of carbonyl (C=O) groups excluding carboxylic acids is 2. The second-order valence-corrected chi connectivity index (χ2v) is 5.19. The summed E-state index contributed by atoms with van der Waals surface area (Å²) in [5, 5.41) is 8.29. The Morgan fingerprint density at radius 3 is 2.84 bits per heavy atom. The molecule has 0 aromatic carbocycles. The van der Waals surface area contributed by atoms with Gasteiger partial charge >= 0.3 is 6.03 Å². The van der Waals surface area contributed by atoms with Crippen molar-refractivity contribution in [2.45, 2.75) is 25.0 Å². The van der Waals surface area contributed by atoms with E-state index in [0.717, 1.165) is 25.9 Å². The average molecular weight is 270 g/mol. The number of amides is 3. The van der Waals surface area contributed by atoms with Gasteiger partial charge in [0.25, 0.3) is 0 Å². The normalized spacial score (nSPS) is 23.2. The molecule has 7 nitrogen and oxygen atoms in total. The Balaban J connectivity index is 1.61. The van der Waals surface area contributed by atoms with Crippen molar-refractivity contribution in [2.75, 3.05) is 39.8 Å². The molecule has 2 fully saturated rings. The molecule has 1 aliphatic heterocycles. The Morgan fingerprint density at radius 2 is 2.21 bits per heavy atom. The van der Waals surface area contributed by atoms with Crippen molar-refractivity contribution >= 4 is 11.9 Å². The molecule has 2 aliphatic rings. The van der Waals surface area contributed by atoms with Crippen LogP contribution < -0.4 is 16.0 Å². The van der Waals surface area contributed by atoms with Gasteiger partial charge in [-0.15, -0.1) is 0 Å². The van der Waals surface area contributed by atoms with E-state index < -0.39 is 6.03 Å². The van der Waals surface area contributed by atoms with Gasteiger partial charge in [-0.2, -0.15) is 0 Å². The van der Waals surface area contributed by atoms with Gasteiger partial charge in [0.15, 0.2) is 0 Å². The molecule has 1 atom stereocenters. The fourth-order valence-corrected chi connectivity index (χ4v) is 2.01. The lowest BCUT2D eigenvalue weighted by molar-refractivity contribution is -0.121. The van der Waals surface area contributed by atoms with E-state index in [1.165, 1.54) is 0 Å². The highest BCUT2D eigenvalue weighted by Crippen LogP contribution is 2.18. The molecule has 0 aromatic heterocycles. The summed E-state index contributed by atoms with van der Waals surface area (Å²) >= 11 is 0. The number of morpholine rings is 1. The third kappa shape index (κ3) is 5.54. The number of hydrogen-bond donors (Lipinski definition) is 3. The minimum atomic E-state index is -0.392. The third-order valence-corrected chi connectivity index (χ3v) is 3.10. The Morgan fingerprint density at radius 1 is 1.42 bits per heavy atom. The predicted molar refractivity (Wildman–Crippen MR) is 69.8 cm³/mol. The van der Waals surface area contributed by atoms with Crippen molar-refractivity contribution in [3.8, 4) is 0 Å². The zero-order valence-electron chi connectivity index (χ0n) is 11.3. The molecule has 1 heterocycles. The molecule has 3 N–H and O–H groups in total. The van der Waals surface area contributed by atoms with Crippen molar-refractivity contribution in [3.63, 3.8) is 0 Å². The van der Waals surface area contributed by atoms with Crippen molar-refractivity contribution in [2.24, 2.45) is 0 Å². The van der Waals surface area contributed by atoms with Crippen LogP contribution in [0.4, 0.5) is 4.79 Å². The number of nitrogens with zero attached hydrogens (tertiary/aromatic N) is 1. The first-order valence-electron chi connectivity index (χ1n) is 6.74. The van der Waals surface area contributed by atoms with Gasteiger partial charge in [0.1, 0.15) is 0 Å². The molecule has 2 rings (SSSR count). The van der Waals surface area contributed by atoms with Gasteiger partial charge in [-0.25, -0.2) is 4.79 Å². The Kier molecular flexibility index (Phi) is 5.12. The minimum absolute atomic E-state index is 0.104. The van der Waals surface area contributed by atoms with E-state index in [2.05, 4.69) is 16.0 Å². The monoisotopic (exact) mass is 270 g/mol. The molecule has 0 aromatic rings. The first-order valence-corrected chi connectivity index (χ1v) is 6.74. The Bertz CT molecular complexity index is 327. The van der Waals surface area contributed by atoms with Gasteiger partial charge < -0.3 is 15.4 Å². The zero-order valence-corrected chi connectivity index (χ0v) is 11.3. The maximum Gasteiger partial charge on any atom is 0.321 e. The lowest BCUT2D eigenvalue weighted by Gasteiger charge is -2.27. The molecule has 1 saturated carbocycles. The summed E-state index contributed by atoms with van der Waals surface area (Å²) in [5.41, 5.74) is 0. The quantitative estimate of drug-likeness (QED) is 0.590. The molecular formula is C12H22N4O3. The molecule has 1 unspecified atom stereocenters. The average Bonchev–Trinajstić information content (AvgIpc) is 3.13. The Labute approximate surface area is 113 Å². The van der Waals surface area contributed by atoms with E-state index >= 15 is 0 Å². The Hall–Kier alpha value is -1.18. The van der Waals surface area contributed by atoms with Crippen LogP contribution in [0.25, 0.3) is 0 Å². The van der Waals surface area contributed by atoms with Crippen molar-refractivity contribution in [3.05, 3.63) is 0 Å². The van der Waals surface area contributed by atoms with E-state index in [-0.39, 0.29) is 24.6 Å². The van der Waals surface area contributed by atoms with Crippen LogP contribution >= 0.6 is 0 Å². The molecule has 0 spiro atoms. The van der Waals surface area contributed by atoms with Crippen molar-refractivity contribution in [1.29, 1.82) is 0 Å². The number of urea groups is 1. The molecule has 7 heteroatoms. The van der Waals surface area contributed by atoms with Crippen LogP contribution in [0.3, 0.4) is 0 Å². The van der Waals surface area contributed by atoms with E-state index in [1.807, 2.05) is 11.9 Å². The smallest absolute Gasteiger partial charge is 0.321 e. The first-order chi connectivity index (χ1) is 9.13. The van der Waals surface area contributed by atoms with Crippen molar-refractivity contribution in [1.82, 2.24) is 20.9 Å². The summed E-state index contributed by atoms with van der Waals surface area (Å²) in [5.74, 6) is -0.288. The highest BCUT2D eigenvalue weighted by molar-refractivity contribution is 5.95. The summed E-state index contributed by atoms with van der Waals surface area (Å²) < 4.78 is 5.56. The second-order valence-electron chi connectivity index (χ2n) is 5.19. The largest absolute Gasteiger partial charge is 0.374 e. The van der Waals surface area contributed by atoms with E-state index in [4.69, 9.17) is 4.74 Å². The SMILES string of the molecule is CN(CC(=O)NC(=O)NC1CC1)CC1CNCCO1. The number of rotatable bonds is 5. The molecule has 1 aliphatic carbocycles. The number of imide groups is 1. The third-order valence-electron chi connectivity index (χ3n) is 3.10. The fourth-order valence-electron chi connectivity index (χ4n) is 2.01. The summed E-state index contributed by atoms with van der Waals surface area (Å²) in [4.78, 5) is 24.9. The summed E-state index contributed by atoms with van der Waals surface area (Å²) in [6.07, 6.45) is 2.12. The van der Waals surface area contributed by atoms with Gasteiger partial charge in [-0.05, 0) is 19.9 Å². The lowest BCUT2D eigenvalue weighted by atomic mass is 10.3. The standard InChI is InChI=1S/C12H22N4O3/c1-16(7-10-6-13-4-5-19-10)8-11(17)15-12(18)14-9-2-3-9/h9-10,13H,2-8H2,1H3,(H2,14,15,17,18). The number of likely N-dealkylation sites (N-methyl/N-ethyl adjacent to an activating group) is 1. The van der Waals surface area contributed by atoms with Crippen molar-refractivity contribution < 1.29 is 14.3 Å². The second kappa shape index (κ2) is 6.83. The molecule has 108 valence electrons. The van der Waals surface area contributed by atoms with Crippen LogP contribution in [0.1, 0.15) is 12.8 Å². The maximum absolute atomic E-state index is 11.6. The molecule has 3 amide bonds. The highest BCUT2D eigenvalue weighted by Gasteiger charge is 2.24. The molecule has 0 radical (unpaired) electrons. The fraction of sp³-hybridized carbons (Fsp3) is 0.833. The van der Waals surface area contributed by atoms with Gasteiger partial charge in [0.05, 0.1) is 19.3 Å². The van der Waals surface area contributed by atoms with E-state index in [0.29, 0.717) is 13.2 Å². The first kappa shape index (κ1) is 14.2. The van der Waals surface area contributed by atoms with E-state index in [1.54, 1.807) is 0 Å². The van der Waals surface area contributed by atoms with Crippen LogP contribution in [0, 0.1) is 0 Å². The van der Waals surface area contributed by atoms with Crippen LogP contribution in [0.5, 0.6) is 0 Å². The summed E-state index contributed by atoms with van der Waals surface area (Å²) in [6, 6.07) is -0.135. The molecule has 1 saturated heterocycles. The van der Waals surface area contributed by atoms with E-state index in [9.17, 15) is 9.59 Å². The van der Waals surface area contributed by atoms with Gasteiger partial charge in [-0.3, -0.25) is 15.0 Å². The maximum atomic E-state index is 11.6.